The molecule has 0 aliphatic heterocycles. The minimum atomic E-state index is -3.29. The van der Waals surface area contributed by atoms with Gasteiger partial charge in [-0.15, -0.1) is 0 Å². The van der Waals surface area contributed by atoms with Gasteiger partial charge in [0.05, 0.1) is 23.6 Å². The zero-order chi connectivity index (χ0) is 30.4. The van der Waals surface area contributed by atoms with Crippen molar-refractivity contribution in [1.29, 1.82) is 0 Å². The van der Waals surface area contributed by atoms with Gasteiger partial charge in [-0.1, -0.05) is 49.2 Å². The molecule has 0 amide bonds. The fourth-order valence-corrected chi connectivity index (χ4v) is 2.67. The van der Waals surface area contributed by atoms with Gasteiger partial charge in [-0.2, -0.15) is 0 Å². The van der Waals surface area contributed by atoms with Gasteiger partial charge < -0.3 is 25.4 Å². The predicted molar refractivity (Wildman–Crippen MR) is 121 cm³/mol. The zero-order valence-corrected chi connectivity index (χ0v) is 17.0. The summed E-state index contributed by atoms with van der Waals surface area (Å²) in [5.74, 6) is -1.16. The van der Waals surface area contributed by atoms with Crippen LogP contribution in [0.5, 0.6) is 5.75 Å². The smallest absolute Gasteiger partial charge is 0.121 e. The summed E-state index contributed by atoms with van der Waals surface area (Å²) in [6.07, 6.45) is 0.120. The van der Waals surface area contributed by atoms with Crippen LogP contribution in [-0.4, -0.2) is 41.5 Å². The van der Waals surface area contributed by atoms with E-state index in [1.807, 2.05) is 30.3 Å². The van der Waals surface area contributed by atoms with E-state index < -0.39 is 67.2 Å². The molecular formula is C25H37NO4. The van der Waals surface area contributed by atoms with Crippen molar-refractivity contribution in [2.75, 3.05) is 26.2 Å². The van der Waals surface area contributed by atoms with Crippen molar-refractivity contribution < 1.29 is 33.8 Å². The van der Waals surface area contributed by atoms with Crippen molar-refractivity contribution in [3.05, 3.63) is 65.1 Å². The molecule has 4 N–H and O–H groups in total. The molecule has 0 aromatic heterocycles. The van der Waals surface area contributed by atoms with E-state index in [4.69, 9.17) is 18.4 Å². The fraction of sp³-hybridized carbons (Fsp3) is 0.520. The summed E-state index contributed by atoms with van der Waals surface area (Å²) < 4.78 is 84.4. The summed E-state index contributed by atoms with van der Waals surface area (Å²) in [7, 11) is 0. The summed E-state index contributed by atoms with van der Waals surface area (Å²) in [4.78, 5) is 0. The predicted octanol–water partition coefficient (Wildman–Crippen LogP) is 4.11. The third-order valence-corrected chi connectivity index (χ3v) is 4.31. The Morgan fingerprint density at radius 2 is 1.87 bits per heavy atom. The van der Waals surface area contributed by atoms with Gasteiger partial charge >= 0.3 is 0 Å². The first-order valence-corrected chi connectivity index (χ1v) is 10.1. The average molecular weight is 426 g/mol. The van der Waals surface area contributed by atoms with Crippen molar-refractivity contribution >= 4 is 0 Å². The molecule has 5 heteroatoms. The molecule has 0 fully saturated rings. The van der Waals surface area contributed by atoms with Gasteiger partial charge in [0.15, 0.2) is 0 Å². The van der Waals surface area contributed by atoms with Gasteiger partial charge in [-0.25, -0.2) is 0 Å². The molecule has 30 heavy (non-hydrogen) atoms. The standard InChI is InChI=1S/C25H37NO4/c27-20-23-18-22(13-14-24(23)28)25(29)19-26-15-7-1-2-8-16-30-17-9-6-12-21-10-4-3-5-11-21/h3-5,10-11,13-14,18,25-29H,1-2,6-9,12,15-17,19-20H2/i13D,14D,15D2,17D2,18D,20D2,25D. The normalized spacial score (nSPS) is 19.5. The van der Waals surface area contributed by atoms with Gasteiger partial charge in [0.1, 0.15) is 5.75 Å². The summed E-state index contributed by atoms with van der Waals surface area (Å²) in [6, 6.07) is 6.83. The van der Waals surface area contributed by atoms with Crippen molar-refractivity contribution in [2.24, 2.45) is 0 Å². The Balaban J connectivity index is 1.82. The molecule has 5 nitrogen and oxygen atoms in total. The van der Waals surface area contributed by atoms with Crippen molar-refractivity contribution in [1.82, 2.24) is 5.32 Å². The zero-order valence-electron chi connectivity index (χ0n) is 27.0. The van der Waals surface area contributed by atoms with Gasteiger partial charge in [0.2, 0.25) is 0 Å². The highest BCUT2D eigenvalue weighted by Crippen LogP contribution is 2.22. The Kier molecular flexibility index (Phi) is 6.73. The topological polar surface area (TPSA) is 82.0 Å². The maximum atomic E-state index is 10.6. The summed E-state index contributed by atoms with van der Waals surface area (Å²) >= 11 is 0. The van der Waals surface area contributed by atoms with Crippen molar-refractivity contribution in [3.63, 3.8) is 0 Å². The van der Waals surface area contributed by atoms with E-state index in [0.717, 1.165) is 12.0 Å². The van der Waals surface area contributed by atoms with E-state index in [-0.39, 0.29) is 19.4 Å². The van der Waals surface area contributed by atoms with Crippen LogP contribution in [0.2, 0.25) is 0 Å². The quantitative estimate of drug-likeness (QED) is 0.304. The first-order chi connectivity index (χ1) is 18.4. The molecule has 166 valence electrons. The molecule has 2 rings (SSSR count). The maximum Gasteiger partial charge on any atom is 0.121 e. The molecule has 0 bridgehead atoms. The number of benzene rings is 2. The van der Waals surface area contributed by atoms with Gasteiger partial charge in [-0.05, 0) is 61.8 Å². The molecular weight excluding hydrogens is 378 g/mol. The number of aryl methyl sites for hydroxylation is 1. The molecule has 2 aromatic carbocycles. The number of aromatic hydroxyl groups is 1. The van der Waals surface area contributed by atoms with Crippen LogP contribution in [0.25, 0.3) is 0 Å². The van der Waals surface area contributed by atoms with Crippen LogP contribution in [0.15, 0.2) is 48.5 Å². The Labute approximate surface area is 194 Å². The fourth-order valence-electron chi connectivity index (χ4n) is 2.67. The number of hydrogen-bond donors (Lipinski definition) is 4. The second-order valence-electron chi connectivity index (χ2n) is 6.71. The molecule has 0 heterocycles. The number of ether oxygens (including phenoxy) is 1. The molecule has 2 aromatic rings. The third-order valence-electron chi connectivity index (χ3n) is 4.31. The van der Waals surface area contributed by atoms with Gasteiger partial charge in [0.25, 0.3) is 0 Å². The van der Waals surface area contributed by atoms with E-state index in [2.05, 4.69) is 5.32 Å². The third kappa shape index (κ3) is 9.72. The van der Waals surface area contributed by atoms with Crippen molar-refractivity contribution in [3.8, 4) is 5.75 Å². The van der Waals surface area contributed by atoms with Gasteiger partial charge in [-0.3, -0.25) is 0 Å². The lowest BCUT2D eigenvalue weighted by molar-refractivity contribution is 0.126. The highest BCUT2D eigenvalue weighted by molar-refractivity contribution is 5.36. The number of phenols is 1. The lowest BCUT2D eigenvalue weighted by atomic mass is 10.1. The second-order valence-corrected chi connectivity index (χ2v) is 6.71. The first-order valence-electron chi connectivity index (χ1n) is 15.1. The Bertz CT molecular complexity index is 1110. The van der Waals surface area contributed by atoms with Crippen LogP contribution in [0.3, 0.4) is 0 Å². The number of unbranched alkanes of at least 4 members (excludes halogenated alkanes) is 2. The Hall–Kier alpha value is -1.92. The van der Waals surface area contributed by atoms with E-state index in [1.165, 1.54) is 0 Å². The average Bonchev–Trinajstić information content (AvgIpc) is 2.83. The lowest BCUT2D eigenvalue weighted by Gasteiger charge is -2.14. The SMILES string of the molecule is [2H]c1c([2H])c(C([2H])(O)CNC([2H])([2H])CCCCCOC([2H])([2H])CCCc2ccccc2)c([2H])c(C([2H])([2H])O)c1O. The van der Waals surface area contributed by atoms with Crippen LogP contribution in [-0.2, 0) is 17.7 Å². The monoisotopic (exact) mass is 425 g/mol. The first kappa shape index (κ1) is 13.5. The van der Waals surface area contributed by atoms with E-state index in [1.54, 1.807) is 0 Å². The van der Waals surface area contributed by atoms with Crippen molar-refractivity contribution in [2.45, 2.75) is 57.6 Å². The minimum Gasteiger partial charge on any atom is -0.508 e. The number of rotatable bonds is 16. The largest absolute Gasteiger partial charge is 0.508 e. The van der Waals surface area contributed by atoms with E-state index in [9.17, 15) is 15.3 Å². The molecule has 0 aliphatic carbocycles. The number of hydrogen-bond acceptors (Lipinski definition) is 5. The minimum absolute atomic E-state index is 0.0434. The number of aliphatic hydroxyl groups is 2. The molecule has 0 saturated carbocycles. The lowest BCUT2D eigenvalue weighted by Crippen LogP contribution is -2.22. The van der Waals surface area contributed by atoms with E-state index >= 15 is 0 Å². The number of nitrogens with one attached hydrogen (secondary N) is 1. The molecule has 0 aliphatic rings. The molecule has 0 saturated heterocycles. The highest BCUT2D eigenvalue weighted by Gasteiger charge is 2.09. The molecule has 0 spiro atoms. The van der Waals surface area contributed by atoms with Gasteiger partial charge in [0, 0.05) is 28.0 Å². The summed E-state index contributed by atoms with van der Waals surface area (Å²) in [5, 5.41) is 32.6. The van der Waals surface area contributed by atoms with Crippen LogP contribution >= 0.6 is 0 Å². The van der Waals surface area contributed by atoms with E-state index in [0.29, 0.717) is 25.7 Å². The summed E-state index contributed by atoms with van der Waals surface area (Å²) in [5.41, 5.74) is -0.797. The Morgan fingerprint density at radius 3 is 2.67 bits per heavy atom. The van der Waals surface area contributed by atoms with Crippen LogP contribution in [0.1, 0.15) is 75.0 Å². The highest BCUT2D eigenvalue weighted by atomic mass is 16.5. The second kappa shape index (κ2) is 15.0. The van der Waals surface area contributed by atoms with Crippen LogP contribution in [0.4, 0.5) is 0 Å². The van der Waals surface area contributed by atoms with Crippen LogP contribution < -0.4 is 5.32 Å². The van der Waals surface area contributed by atoms with Crippen LogP contribution in [0, 0.1) is 0 Å². The molecule has 1 unspecified atom stereocenters. The Morgan fingerprint density at radius 1 is 1.07 bits per heavy atom. The maximum absolute atomic E-state index is 10.6. The molecule has 0 radical (unpaired) electrons. The summed E-state index contributed by atoms with van der Waals surface area (Å²) in [6.45, 7) is -7.80. The molecule has 1 atom stereocenters.